The minimum atomic E-state index is -0.251. The van der Waals surface area contributed by atoms with E-state index in [1.165, 1.54) is 26.4 Å². The maximum atomic E-state index is 12.9. The predicted octanol–water partition coefficient (Wildman–Crippen LogP) is 4.75. The molecule has 3 aromatic rings. The number of rotatable bonds is 8. The lowest BCUT2D eigenvalue weighted by molar-refractivity contribution is 0.102. The van der Waals surface area contributed by atoms with E-state index in [-0.39, 0.29) is 11.7 Å². The lowest BCUT2D eigenvalue weighted by Crippen LogP contribution is -2.12. The van der Waals surface area contributed by atoms with Crippen molar-refractivity contribution >= 4 is 17.3 Å². The van der Waals surface area contributed by atoms with Gasteiger partial charge in [-0.2, -0.15) is 0 Å². The molecule has 0 saturated heterocycles. The maximum Gasteiger partial charge on any atom is 0.255 e. The zero-order valence-corrected chi connectivity index (χ0v) is 16.4. The summed E-state index contributed by atoms with van der Waals surface area (Å²) in [5.74, 6) is 0.622. The molecule has 1 amide bonds. The number of hydrogen-bond acceptors (Lipinski definition) is 4. The van der Waals surface area contributed by atoms with Gasteiger partial charge in [-0.1, -0.05) is 12.1 Å². The van der Waals surface area contributed by atoms with Crippen LogP contribution in [0.2, 0.25) is 0 Å². The fourth-order valence-corrected chi connectivity index (χ4v) is 2.82. The van der Waals surface area contributed by atoms with Crippen molar-refractivity contribution < 1.29 is 18.7 Å². The summed E-state index contributed by atoms with van der Waals surface area (Å²) in [5.41, 5.74) is 3.13. The summed E-state index contributed by atoms with van der Waals surface area (Å²) in [7, 11) is 3.08. The molecule has 150 valence electrons. The standard InChI is InChI=1S/C23H23FN2O3/c1-28-21-13-17(14-22(15-21)29-2)23(27)26-20-9-7-19(8-10-20)25-12-11-16-3-5-18(24)6-4-16/h3-10,13-15,25H,11-12H2,1-2H3,(H,26,27). The fraction of sp³-hybridized carbons (Fsp3) is 0.174. The highest BCUT2D eigenvalue weighted by molar-refractivity contribution is 6.04. The van der Waals surface area contributed by atoms with Gasteiger partial charge in [-0.05, 0) is 60.5 Å². The topological polar surface area (TPSA) is 59.6 Å². The second-order valence-electron chi connectivity index (χ2n) is 6.44. The first-order chi connectivity index (χ1) is 14.1. The SMILES string of the molecule is COc1cc(OC)cc(C(=O)Nc2ccc(NCCc3ccc(F)cc3)cc2)c1. The van der Waals surface area contributed by atoms with Crippen LogP contribution in [0, 0.1) is 5.82 Å². The molecule has 0 fully saturated rings. The average molecular weight is 394 g/mol. The van der Waals surface area contributed by atoms with Crippen LogP contribution in [0.3, 0.4) is 0 Å². The van der Waals surface area contributed by atoms with Crippen LogP contribution in [-0.2, 0) is 6.42 Å². The van der Waals surface area contributed by atoms with Crippen molar-refractivity contribution in [3.63, 3.8) is 0 Å². The first-order valence-electron chi connectivity index (χ1n) is 9.20. The number of ether oxygens (including phenoxy) is 2. The van der Waals surface area contributed by atoms with Crippen molar-refractivity contribution in [2.45, 2.75) is 6.42 Å². The normalized spacial score (nSPS) is 10.3. The molecule has 0 heterocycles. The number of nitrogens with one attached hydrogen (secondary N) is 2. The molecule has 6 heteroatoms. The molecule has 5 nitrogen and oxygen atoms in total. The van der Waals surface area contributed by atoms with Crippen LogP contribution < -0.4 is 20.1 Å². The summed E-state index contributed by atoms with van der Waals surface area (Å²) >= 11 is 0. The highest BCUT2D eigenvalue weighted by Gasteiger charge is 2.10. The van der Waals surface area contributed by atoms with E-state index in [1.807, 2.05) is 24.3 Å². The van der Waals surface area contributed by atoms with Gasteiger partial charge in [0.25, 0.3) is 5.91 Å². The van der Waals surface area contributed by atoms with Crippen LogP contribution in [0.1, 0.15) is 15.9 Å². The van der Waals surface area contributed by atoms with Gasteiger partial charge in [0, 0.05) is 29.5 Å². The summed E-state index contributed by atoms with van der Waals surface area (Å²) < 4.78 is 23.3. The van der Waals surface area contributed by atoms with Gasteiger partial charge < -0.3 is 20.1 Å². The first kappa shape index (κ1) is 20.2. The lowest BCUT2D eigenvalue weighted by Gasteiger charge is -2.10. The average Bonchev–Trinajstić information content (AvgIpc) is 2.76. The Bertz CT molecular complexity index is 935. The highest BCUT2D eigenvalue weighted by Crippen LogP contribution is 2.23. The van der Waals surface area contributed by atoms with Crippen LogP contribution in [0.15, 0.2) is 66.7 Å². The monoisotopic (exact) mass is 394 g/mol. The molecular weight excluding hydrogens is 371 g/mol. The number of amides is 1. The second kappa shape index (κ2) is 9.59. The van der Waals surface area contributed by atoms with Crippen molar-refractivity contribution in [1.29, 1.82) is 0 Å². The Morgan fingerprint density at radius 3 is 2.03 bits per heavy atom. The third kappa shape index (κ3) is 5.72. The number of benzene rings is 3. The number of carbonyl (C=O) groups excluding carboxylic acids is 1. The van der Waals surface area contributed by atoms with E-state index < -0.39 is 0 Å². The molecule has 0 radical (unpaired) electrons. The summed E-state index contributed by atoms with van der Waals surface area (Å²) in [6, 6.07) is 19.0. The molecular formula is C23H23FN2O3. The molecule has 0 spiro atoms. The van der Waals surface area contributed by atoms with E-state index in [9.17, 15) is 9.18 Å². The van der Waals surface area contributed by atoms with Gasteiger partial charge in [-0.15, -0.1) is 0 Å². The lowest BCUT2D eigenvalue weighted by atomic mass is 10.1. The van der Waals surface area contributed by atoms with Crippen molar-refractivity contribution in [2.24, 2.45) is 0 Å². The smallest absolute Gasteiger partial charge is 0.255 e. The zero-order chi connectivity index (χ0) is 20.6. The molecule has 3 aromatic carbocycles. The summed E-state index contributed by atoms with van der Waals surface area (Å²) in [4.78, 5) is 12.5. The first-order valence-corrected chi connectivity index (χ1v) is 9.20. The van der Waals surface area contributed by atoms with E-state index in [0.29, 0.717) is 22.7 Å². The van der Waals surface area contributed by atoms with Gasteiger partial charge in [-0.3, -0.25) is 4.79 Å². The van der Waals surface area contributed by atoms with Crippen LogP contribution in [-0.4, -0.2) is 26.7 Å². The van der Waals surface area contributed by atoms with Crippen LogP contribution in [0.5, 0.6) is 11.5 Å². The van der Waals surface area contributed by atoms with Crippen LogP contribution in [0.4, 0.5) is 15.8 Å². The Hall–Kier alpha value is -3.54. The number of carbonyl (C=O) groups is 1. The molecule has 0 aromatic heterocycles. The Kier molecular flexibility index (Phi) is 6.68. The molecule has 29 heavy (non-hydrogen) atoms. The quantitative estimate of drug-likeness (QED) is 0.579. The fourth-order valence-electron chi connectivity index (χ4n) is 2.82. The minimum Gasteiger partial charge on any atom is -0.497 e. The Labute approximate surface area is 169 Å². The largest absolute Gasteiger partial charge is 0.497 e. The van der Waals surface area contributed by atoms with Gasteiger partial charge in [0.2, 0.25) is 0 Å². The van der Waals surface area contributed by atoms with Crippen LogP contribution in [0.25, 0.3) is 0 Å². The van der Waals surface area contributed by atoms with Gasteiger partial charge in [-0.25, -0.2) is 4.39 Å². The third-order valence-corrected chi connectivity index (χ3v) is 4.41. The summed E-state index contributed by atoms with van der Waals surface area (Å²) in [6.07, 6.45) is 0.788. The second-order valence-corrected chi connectivity index (χ2v) is 6.44. The summed E-state index contributed by atoms with van der Waals surface area (Å²) in [6.45, 7) is 0.723. The third-order valence-electron chi connectivity index (χ3n) is 4.41. The molecule has 0 unspecified atom stereocenters. The minimum absolute atomic E-state index is 0.230. The van der Waals surface area contributed by atoms with Crippen molar-refractivity contribution in [2.75, 3.05) is 31.4 Å². The van der Waals surface area contributed by atoms with Gasteiger partial charge >= 0.3 is 0 Å². The maximum absolute atomic E-state index is 12.9. The number of anilines is 2. The Morgan fingerprint density at radius 1 is 0.862 bits per heavy atom. The van der Waals surface area contributed by atoms with E-state index in [2.05, 4.69) is 10.6 Å². The van der Waals surface area contributed by atoms with Crippen molar-refractivity contribution in [3.05, 3.63) is 83.7 Å². The van der Waals surface area contributed by atoms with Crippen molar-refractivity contribution in [1.82, 2.24) is 0 Å². The van der Waals surface area contributed by atoms with Crippen molar-refractivity contribution in [3.8, 4) is 11.5 Å². The van der Waals surface area contributed by atoms with E-state index in [4.69, 9.17) is 9.47 Å². The predicted molar refractivity (Wildman–Crippen MR) is 113 cm³/mol. The number of halogens is 1. The molecule has 3 rings (SSSR count). The Balaban J connectivity index is 1.56. The molecule has 0 saturated carbocycles. The molecule has 0 bridgehead atoms. The number of methoxy groups -OCH3 is 2. The molecule has 0 aliphatic heterocycles. The van der Waals surface area contributed by atoms with Gasteiger partial charge in [0.05, 0.1) is 14.2 Å². The Morgan fingerprint density at radius 2 is 1.45 bits per heavy atom. The van der Waals surface area contributed by atoms with Gasteiger partial charge in [0.1, 0.15) is 17.3 Å². The number of hydrogen-bond donors (Lipinski definition) is 2. The van der Waals surface area contributed by atoms with Crippen LogP contribution >= 0.6 is 0 Å². The molecule has 0 aliphatic rings. The molecule has 0 atom stereocenters. The van der Waals surface area contributed by atoms with E-state index in [0.717, 1.165) is 24.2 Å². The van der Waals surface area contributed by atoms with E-state index >= 15 is 0 Å². The molecule has 0 aliphatic carbocycles. The van der Waals surface area contributed by atoms with Gasteiger partial charge in [0.15, 0.2) is 0 Å². The summed E-state index contributed by atoms with van der Waals surface area (Å²) in [5, 5.41) is 6.17. The highest BCUT2D eigenvalue weighted by atomic mass is 19.1. The van der Waals surface area contributed by atoms with E-state index in [1.54, 1.807) is 30.3 Å². The zero-order valence-electron chi connectivity index (χ0n) is 16.4. The molecule has 2 N–H and O–H groups in total.